The van der Waals surface area contributed by atoms with Crippen molar-refractivity contribution in [2.75, 3.05) is 0 Å². The van der Waals surface area contributed by atoms with Gasteiger partial charge >= 0.3 is 0 Å². The molecule has 0 atom stereocenters. The smallest absolute Gasteiger partial charge is 0.116 e. The van der Waals surface area contributed by atoms with Crippen molar-refractivity contribution in [3.8, 4) is 9.75 Å². The number of hydrogen-bond donors (Lipinski definition) is 0. The fourth-order valence-electron chi connectivity index (χ4n) is 3.20. The van der Waals surface area contributed by atoms with Gasteiger partial charge in [0.2, 0.25) is 0 Å². The van der Waals surface area contributed by atoms with Crippen molar-refractivity contribution in [2.24, 2.45) is 0 Å². The molecule has 2 aromatic rings. The van der Waals surface area contributed by atoms with Gasteiger partial charge in [-0.15, -0.1) is 22.7 Å². The Morgan fingerprint density at radius 2 is 1.06 bits per heavy atom. The summed E-state index contributed by atoms with van der Waals surface area (Å²) in [6, 6.07) is 0. The van der Waals surface area contributed by atoms with Crippen molar-refractivity contribution < 1.29 is 0 Å². The molecule has 0 aliphatic carbocycles. The van der Waals surface area contributed by atoms with Crippen LogP contribution in [0.1, 0.15) is 20.9 Å². The van der Waals surface area contributed by atoms with Gasteiger partial charge in [0.25, 0.3) is 0 Å². The van der Waals surface area contributed by atoms with Crippen LogP contribution < -0.4 is 10.4 Å². The fourth-order valence-corrected chi connectivity index (χ4v) is 11.6. The SMILES string of the molecule is Cc1sc2c(c1C)[Si](C)(C)c1c-2sc(C)c1C. The molecule has 3 rings (SSSR count). The second-order valence-corrected chi connectivity index (χ2v) is 12.3. The van der Waals surface area contributed by atoms with Crippen LogP contribution in [0.3, 0.4) is 0 Å². The molecule has 0 saturated heterocycles. The molecule has 0 spiro atoms. The van der Waals surface area contributed by atoms with E-state index in [0.717, 1.165) is 0 Å². The second kappa shape index (κ2) is 3.34. The van der Waals surface area contributed by atoms with Crippen LogP contribution in [0, 0.1) is 27.7 Å². The Kier molecular flexibility index (Phi) is 2.30. The van der Waals surface area contributed by atoms with E-state index < -0.39 is 8.07 Å². The Morgan fingerprint density at radius 3 is 1.41 bits per heavy atom. The summed E-state index contributed by atoms with van der Waals surface area (Å²) in [6.07, 6.45) is 0. The lowest BCUT2D eigenvalue weighted by atomic mass is 10.2. The van der Waals surface area contributed by atoms with E-state index in [1.54, 1.807) is 31.3 Å². The number of rotatable bonds is 0. The summed E-state index contributed by atoms with van der Waals surface area (Å²) < 4.78 is 0. The first-order valence-corrected chi connectivity index (χ1v) is 10.7. The zero-order chi connectivity index (χ0) is 12.5. The molecule has 1 aliphatic rings. The van der Waals surface area contributed by atoms with E-state index in [9.17, 15) is 0 Å². The molecule has 0 saturated carbocycles. The van der Waals surface area contributed by atoms with Gasteiger partial charge in [0.05, 0.1) is 0 Å². The van der Waals surface area contributed by atoms with E-state index in [2.05, 4.69) is 40.8 Å². The Balaban J connectivity index is 2.44. The first-order chi connectivity index (χ1) is 7.85. The van der Waals surface area contributed by atoms with E-state index in [1.165, 1.54) is 9.75 Å². The van der Waals surface area contributed by atoms with Crippen LogP contribution in [-0.4, -0.2) is 8.07 Å². The molecule has 3 heterocycles. The number of thiophene rings is 2. The molecular formula is C14H18S2Si. The number of hydrogen-bond acceptors (Lipinski definition) is 2. The van der Waals surface area contributed by atoms with Crippen molar-refractivity contribution in [1.82, 2.24) is 0 Å². The molecular weight excluding hydrogens is 260 g/mol. The average molecular weight is 279 g/mol. The third-order valence-corrected chi connectivity index (χ3v) is 10.9. The Labute approximate surface area is 112 Å². The lowest BCUT2D eigenvalue weighted by Gasteiger charge is -2.20. The molecule has 0 fully saturated rings. The molecule has 0 radical (unpaired) electrons. The summed E-state index contributed by atoms with van der Waals surface area (Å²) in [5.41, 5.74) is 3.14. The second-order valence-electron chi connectivity index (χ2n) is 5.60. The van der Waals surface area contributed by atoms with Crippen LogP contribution in [0.25, 0.3) is 9.75 Å². The van der Waals surface area contributed by atoms with Gasteiger partial charge in [-0.05, 0) is 49.2 Å². The molecule has 3 heteroatoms. The van der Waals surface area contributed by atoms with Gasteiger partial charge in [0.15, 0.2) is 0 Å². The van der Waals surface area contributed by atoms with Crippen molar-refractivity contribution in [1.29, 1.82) is 0 Å². The average Bonchev–Trinajstić information content (AvgIpc) is 2.75. The largest absolute Gasteiger partial charge is 0.140 e. The summed E-state index contributed by atoms with van der Waals surface area (Å²) >= 11 is 4.03. The fraction of sp³-hybridized carbons (Fsp3) is 0.429. The van der Waals surface area contributed by atoms with Crippen molar-refractivity contribution in [3.63, 3.8) is 0 Å². The highest BCUT2D eigenvalue weighted by Gasteiger charge is 2.43. The molecule has 0 bridgehead atoms. The van der Waals surface area contributed by atoms with Crippen molar-refractivity contribution >= 4 is 41.1 Å². The molecule has 0 nitrogen and oxygen atoms in total. The number of fused-ring (bicyclic) bond motifs is 3. The summed E-state index contributed by atoms with van der Waals surface area (Å²) in [5.74, 6) is 0. The van der Waals surface area contributed by atoms with Gasteiger partial charge in [-0.1, -0.05) is 13.1 Å². The molecule has 0 amide bonds. The number of aryl methyl sites for hydroxylation is 2. The molecule has 1 aliphatic heterocycles. The predicted octanol–water partition coefficient (Wildman–Crippen LogP) is 3.85. The van der Waals surface area contributed by atoms with Gasteiger partial charge in [-0.25, -0.2) is 0 Å². The topological polar surface area (TPSA) is 0 Å². The van der Waals surface area contributed by atoms with Crippen LogP contribution in [-0.2, 0) is 0 Å². The van der Waals surface area contributed by atoms with E-state index in [1.807, 2.05) is 22.7 Å². The Hall–Kier alpha value is -0.383. The monoisotopic (exact) mass is 278 g/mol. The molecule has 0 N–H and O–H groups in total. The highest BCUT2D eigenvalue weighted by atomic mass is 32.1. The molecule has 0 aromatic carbocycles. The van der Waals surface area contributed by atoms with Crippen LogP contribution in [0.15, 0.2) is 0 Å². The van der Waals surface area contributed by atoms with Gasteiger partial charge in [-0.2, -0.15) is 0 Å². The summed E-state index contributed by atoms with van der Waals surface area (Å²) in [6.45, 7) is 14.2. The van der Waals surface area contributed by atoms with Crippen molar-refractivity contribution in [3.05, 3.63) is 20.9 Å². The lowest BCUT2D eigenvalue weighted by Crippen LogP contribution is -2.50. The van der Waals surface area contributed by atoms with Gasteiger partial charge < -0.3 is 0 Å². The van der Waals surface area contributed by atoms with Crippen LogP contribution in [0.4, 0.5) is 0 Å². The lowest BCUT2D eigenvalue weighted by molar-refractivity contribution is 1.45. The third kappa shape index (κ3) is 1.28. The standard InChI is InChI=1S/C14H18S2Si/c1-7-9(3)15-11-12-14(8(2)10(4)16-12)17(5,6)13(7)11/h1-6H3. The Morgan fingerprint density at radius 1 is 0.706 bits per heavy atom. The molecule has 17 heavy (non-hydrogen) atoms. The summed E-state index contributed by atoms with van der Waals surface area (Å²) in [7, 11) is -1.41. The minimum absolute atomic E-state index is 1.41. The van der Waals surface area contributed by atoms with E-state index in [4.69, 9.17) is 0 Å². The quantitative estimate of drug-likeness (QED) is 0.642. The first kappa shape index (κ1) is 11.7. The highest BCUT2D eigenvalue weighted by Crippen LogP contribution is 2.42. The van der Waals surface area contributed by atoms with Gasteiger partial charge in [0, 0.05) is 19.5 Å². The van der Waals surface area contributed by atoms with E-state index in [0.29, 0.717) is 0 Å². The van der Waals surface area contributed by atoms with E-state index >= 15 is 0 Å². The minimum atomic E-state index is -1.41. The maximum Gasteiger partial charge on any atom is 0.116 e. The van der Waals surface area contributed by atoms with Gasteiger partial charge in [-0.3, -0.25) is 0 Å². The first-order valence-electron chi connectivity index (χ1n) is 6.07. The zero-order valence-corrected chi connectivity index (χ0v) is 13.9. The normalized spacial score (nSPS) is 16.1. The van der Waals surface area contributed by atoms with Crippen molar-refractivity contribution in [2.45, 2.75) is 40.8 Å². The van der Waals surface area contributed by atoms with Crippen LogP contribution in [0.5, 0.6) is 0 Å². The van der Waals surface area contributed by atoms with E-state index in [-0.39, 0.29) is 0 Å². The minimum Gasteiger partial charge on any atom is -0.140 e. The predicted molar refractivity (Wildman–Crippen MR) is 83.3 cm³/mol. The molecule has 90 valence electrons. The highest BCUT2D eigenvalue weighted by molar-refractivity contribution is 7.29. The molecule has 2 aromatic heterocycles. The molecule has 0 unspecified atom stereocenters. The Bertz CT molecular complexity index is 575. The maximum atomic E-state index is 2.52. The zero-order valence-electron chi connectivity index (χ0n) is 11.3. The van der Waals surface area contributed by atoms with Crippen LogP contribution in [0.2, 0.25) is 13.1 Å². The van der Waals surface area contributed by atoms with Crippen LogP contribution >= 0.6 is 22.7 Å². The summed E-state index contributed by atoms with van der Waals surface area (Å²) in [4.78, 5) is 6.25. The maximum absolute atomic E-state index is 2.52. The third-order valence-electron chi connectivity index (χ3n) is 4.23. The summed E-state index contributed by atoms with van der Waals surface area (Å²) in [5, 5.41) is 3.45. The van der Waals surface area contributed by atoms with Gasteiger partial charge in [0.1, 0.15) is 8.07 Å².